The Balaban J connectivity index is 1.50. The Morgan fingerprint density at radius 2 is 1.32 bits per heavy atom. The summed E-state index contributed by atoms with van der Waals surface area (Å²) in [6, 6.07) is 18.4. The number of carbonyl (C=O) groups excluding carboxylic acids is 2. The van der Waals surface area contributed by atoms with Gasteiger partial charge in [0, 0.05) is 42.8 Å². The molecule has 41 heavy (non-hydrogen) atoms. The number of amides is 2. The predicted molar refractivity (Wildman–Crippen MR) is 159 cm³/mol. The molecule has 3 aromatic carbocycles. The maximum Gasteiger partial charge on any atom is 0.254 e. The van der Waals surface area contributed by atoms with E-state index in [1.165, 1.54) is 21.3 Å². The molecule has 3 aromatic rings. The molecule has 0 saturated carbocycles. The second kappa shape index (κ2) is 13.9. The van der Waals surface area contributed by atoms with Crippen molar-refractivity contribution in [2.75, 3.05) is 54.1 Å². The van der Waals surface area contributed by atoms with Crippen LogP contribution in [0.15, 0.2) is 66.7 Å². The molecule has 0 spiro atoms. The van der Waals surface area contributed by atoms with Gasteiger partial charge < -0.3 is 28.7 Å². The molecule has 0 unspecified atom stereocenters. The molecule has 1 saturated heterocycles. The molecule has 0 aliphatic carbocycles. The normalized spacial score (nSPS) is 13.5. The highest BCUT2D eigenvalue weighted by Gasteiger charge is 2.26. The fraction of sp³-hybridized carbons (Fsp3) is 0.312. The van der Waals surface area contributed by atoms with Crippen LogP contribution in [0.3, 0.4) is 0 Å². The summed E-state index contributed by atoms with van der Waals surface area (Å²) < 4.78 is 21.9. The van der Waals surface area contributed by atoms with E-state index in [0.29, 0.717) is 60.6 Å². The third-order valence-electron chi connectivity index (χ3n) is 6.85. The number of methoxy groups -OCH3 is 3. The van der Waals surface area contributed by atoms with Crippen molar-refractivity contribution >= 4 is 29.0 Å². The van der Waals surface area contributed by atoms with E-state index in [2.05, 4.69) is 6.92 Å². The maximum absolute atomic E-state index is 13.5. The molecule has 216 valence electrons. The quantitative estimate of drug-likeness (QED) is 0.293. The lowest BCUT2D eigenvalue weighted by Gasteiger charge is -2.34. The van der Waals surface area contributed by atoms with Gasteiger partial charge in [-0.15, -0.1) is 0 Å². The third kappa shape index (κ3) is 7.13. The Morgan fingerprint density at radius 1 is 0.780 bits per heavy atom. The van der Waals surface area contributed by atoms with Crippen LogP contribution in [0.4, 0.5) is 0 Å². The van der Waals surface area contributed by atoms with Gasteiger partial charge in [0.1, 0.15) is 5.75 Å². The van der Waals surface area contributed by atoms with Crippen LogP contribution in [0.5, 0.6) is 23.0 Å². The number of ether oxygens (including phenoxy) is 4. The molecular formula is C32H35ClN2O6. The lowest BCUT2D eigenvalue weighted by Crippen LogP contribution is -2.50. The lowest BCUT2D eigenvalue weighted by molar-refractivity contribution is -0.127. The van der Waals surface area contributed by atoms with E-state index in [4.69, 9.17) is 30.5 Å². The first kappa shape index (κ1) is 29.8. The Kier molecular flexibility index (Phi) is 10.1. The molecule has 1 aliphatic heterocycles. The number of hydrogen-bond donors (Lipinski definition) is 0. The third-order valence-corrected chi connectivity index (χ3v) is 7.10. The molecule has 4 rings (SSSR count). The number of hydrogen-bond acceptors (Lipinski definition) is 6. The van der Waals surface area contributed by atoms with Crippen LogP contribution in [0.25, 0.3) is 5.57 Å². The molecule has 0 N–H and O–H groups in total. The van der Waals surface area contributed by atoms with Crippen molar-refractivity contribution in [2.24, 2.45) is 0 Å². The maximum atomic E-state index is 13.5. The number of piperazine rings is 1. The number of halogens is 1. The van der Waals surface area contributed by atoms with E-state index >= 15 is 0 Å². The second-order valence-corrected chi connectivity index (χ2v) is 9.91. The van der Waals surface area contributed by atoms with E-state index in [9.17, 15) is 9.59 Å². The fourth-order valence-electron chi connectivity index (χ4n) is 4.65. The number of carbonyl (C=O) groups is 2. The van der Waals surface area contributed by atoms with E-state index in [1.54, 1.807) is 28.0 Å². The highest BCUT2D eigenvalue weighted by atomic mass is 35.5. The van der Waals surface area contributed by atoms with Crippen molar-refractivity contribution in [2.45, 2.75) is 13.3 Å². The minimum Gasteiger partial charge on any atom is -0.494 e. The first-order valence-electron chi connectivity index (χ1n) is 13.5. The highest BCUT2D eigenvalue weighted by molar-refractivity contribution is 6.30. The van der Waals surface area contributed by atoms with Gasteiger partial charge in [-0.1, -0.05) is 42.8 Å². The molecule has 1 fully saturated rings. The van der Waals surface area contributed by atoms with Crippen molar-refractivity contribution in [3.8, 4) is 23.0 Å². The van der Waals surface area contributed by atoms with Gasteiger partial charge in [0.2, 0.25) is 11.7 Å². The summed E-state index contributed by atoms with van der Waals surface area (Å²) in [5.74, 6) is 1.74. The van der Waals surface area contributed by atoms with Crippen molar-refractivity contribution in [3.63, 3.8) is 0 Å². The molecule has 0 bridgehead atoms. The van der Waals surface area contributed by atoms with Gasteiger partial charge in [-0.2, -0.15) is 0 Å². The van der Waals surface area contributed by atoms with Crippen LogP contribution in [0.2, 0.25) is 5.02 Å². The van der Waals surface area contributed by atoms with Crippen molar-refractivity contribution in [1.29, 1.82) is 0 Å². The van der Waals surface area contributed by atoms with Crippen LogP contribution in [-0.4, -0.2) is 75.7 Å². The van der Waals surface area contributed by atoms with Crippen LogP contribution in [-0.2, 0) is 4.79 Å². The molecule has 1 heterocycles. The van der Waals surface area contributed by atoms with Gasteiger partial charge in [0.15, 0.2) is 11.5 Å². The summed E-state index contributed by atoms with van der Waals surface area (Å²) in [6.07, 6.45) is 2.58. The molecular weight excluding hydrogens is 544 g/mol. The van der Waals surface area contributed by atoms with Gasteiger partial charge in [-0.05, 0) is 59.5 Å². The zero-order valence-corrected chi connectivity index (χ0v) is 24.6. The molecule has 0 aromatic heterocycles. The largest absolute Gasteiger partial charge is 0.494 e. The van der Waals surface area contributed by atoms with E-state index < -0.39 is 0 Å². The minimum absolute atomic E-state index is 0.124. The summed E-state index contributed by atoms with van der Waals surface area (Å²) in [5, 5.41) is 0.621. The topological polar surface area (TPSA) is 77.5 Å². The van der Waals surface area contributed by atoms with Crippen LogP contribution in [0, 0.1) is 0 Å². The summed E-state index contributed by atoms with van der Waals surface area (Å²) in [5.41, 5.74) is 2.97. The first-order chi connectivity index (χ1) is 19.9. The Labute approximate surface area is 246 Å². The average Bonchev–Trinajstić information content (AvgIpc) is 3.02. The van der Waals surface area contributed by atoms with Crippen molar-refractivity contribution in [3.05, 3.63) is 88.5 Å². The lowest BCUT2D eigenvalue weighted by atomic mass is 9.97. The van der Waals surface area contributed by atoms with E-state index in [-0.39, 0.29) is 11.8 Å². The van der Waals surface area contributed by atoms with Gasteiger partial charge in [-0.25, -0.2) is 0 Å². The van der Waals surface area contributed by atoms with Gasteiger partial charge in [-0.3, -0.25) is 9.59 Å². The van der Waals surface area contributed by atoms with Gasteiger partial charge in [0.25, 0.3) is 5.91 Å². The van der Waals surface area contributed by atoms with Gasteiger partial charge in [0.05, 0.1) is 27.9 Å². The second-order valence-electron chi connectivity index (χ2n) is 9.47. The van der Waals surface area contributed by atoms with Crippen LogP contribution in [0.1, 0.15) is 34.8 Å². The smallest absolute Gasteiger partial charge is 0.254 e. The fourth-order valence-corrected chi connectivity index (χ4v) is 4.77. The zero-order valence-electron chi connectivity index (χ0n) is 23.8. The molecule has 0 radical (unpaired) electrons. The van der Waals surface area contributed by atoms with Crippen LogP contribution >= 0.6 is 11.6 Å². The number of benzene rings is 3. The Hall–Kier alpha value is -4.17. The molecule has 9 heteroatoms. The molecule has 0 atom stereocenters. The number of nitrogens with zero attached hydrogens (tertiary/aromatic N) is 2. The van der Waals surface area contributed by atoms with Gasteiger partial charge >= 0.3 is 0 Å². The molecule has 8 nitrogen and oxygen atoms in total. The summed E-state index contributed by atoms with van der Waals surface area (Å²) in [4.78, 5) is 30.3. The summed E-state index contributed by atoms with van der Waals surface area (Å²) in [6.45, 7) is 4.31. The zero-order chi connectivity index (χ0) is 29.4. The number of rotatable bonds is 10. The summed E-state index contributed by atoms with van der Waals surface area (Å²) in [7, 11) is 4.54. The Bertz CT molecular complexity index is 1360. The Morgan fingerprint density at radius 3 is 1.83 bits per heavy atom. The summed E-state index contributed by atoms with van der Waals surface area (Å²) >= 11 is 6.13. The monoisotopic (exact) mass is 578 g/mol. The standard InChI is InChI=1S/C32H35ClN2O6/c1-5-18-41-26-12-8-23(9-13-26)27(22-6-10-25(33)11-7-22)21-30(36)34-14-16-35(17-15-34)32(37)24-19-28(38-2)31(40-4)29(20-24)39-3/h6-13,19-21H,5,14-18H2,1-4H3/b27-21+. The molecule has 2 amide bonds. The van der Waals surface area contributed by atoms with E-state index in [0.717, 1.165) is 28.9 Å². The van der Waals surface area contributed by atoms with E-state index in [1.807, 2.05) is 48.5 Å². The average molecular weight is 579 g/mol. The van der Waals surface area contributed by atoms with Crippen molar-refractivity contribution in [1.82, 2.24) is 9.80 Å². The predicted octanol–water partition coefficient (Wildman–Crippen LogP) is 5.57. The van der Waals surface area contributed by atoms with Crippen molar-refractivity contribution < 1.29 is 28.5 Å². The van der Waals surface area contributed by atoms with Crippen LogP contribution < -0.4 is 18.9 Å². The minimum atomic E-state index is -0.167. The SMILES string of the molecule is CCCOc1ccc(/C(=C/C(=O)N2CCN(C(=O)c3cc(OC)c(OC)c(OC)c3)CC2)c2ccc(Cl)cc2)cc1. The first-order valence-corrected chi connectivity index (χ1v) is 13.8. The molecule has 1 aliphatic rings. The highest BCUT2D eigenvalue weighted by Crippen LogP contribution is 2.38.